The number of halogens is 1. The van der Waals surface area contributed by atoms with Crippen molar-refractivity contribution >= 4 is 22.9 Å². The summed E-state index contributed by atoms with van der Waals surface area (Å²) in [7, 11) is 0. The lowest BCUT2D eigenvalue weighted by molar-refractivity contribution is 0.580. The molecule has 0 spiro atoms. The second-order valence-corrected chi connectivity index (χ2v) is 5.90. The first-order chi connectivity index (χ1) is 10.1. The van der Waals surface area contributed by atoms with Crippen molar-refractivity contribution in [1.82, 2.24) is 0 Å². The normalized spacial score (nSPS) is 10.6. The van der Waals surface area contributed by atoms with Crippen LogP contribution in [0.25, 0.3) is 0 Å². The van der Waals surface area contributed by atoms with E-state index in [1.807, 2.05) is 0 Å². The Kier molecular flexibility index (Phi) is 8.99. The molecule has 3 N–H and O–H groups in total. The highest BCUT2D eigenvalue weighted by Crippen LogP contribution is 2.16. The molecule has 0 aromatic heterocycles. The zero-order valence-electron chi connectivity index (χ0n) is 13.0. The van der Waals surface area contributed by atoms with Crippen LogP contribution < -0.4 is 11.1 Å². The van der Waals surface area contributed by atoms with E-state index in [4.69, 9.17) is 18.0 Å². The molecule has 0 atom stereocenters. The van der Waals surface area contributed by atoms with Crippen LogP contribution in [0.2, 0.25) is 0 Å². The molecule has 118 valence electrons. The minimum Gasteiger partial charge on any atom is -0.389 e. The van der Waals surface area contributed by atoms with Gasteiger partial charge in [0, 0.05) is 12.1 Å². The number of hydrogen-bond donors (Lipinski definition) is 2. The van der Waals surface area contributed by atoms with Crippen LogP contribution in [0.5, 0.6) is 0 Å². The monoisotopic (exact) mass is 310 g/mol. The fourth-order valence-electron chi connectivity index (χ4n) is 2.29. The first-order valence-corrected chi connectivity index (χ1v) is 8.39. The van der Waals surface area contributed by atoms with Crippen molar-refractivity contribution in [3.63, 3.8) is 0 Å². The summed E-state index contributed by atoms with van der Waals surface area (Å²) in [6.45, 7) is 3.04. The van der Waals surface area contributed by atoms with Crippen molar-refractivity contribution in [2.24, 2.45) is 5.73 Å². The second kappa shape index (κ2) is 10.6. The number of nitrogens with two attached hydrogens (primary N) is 1. The molecule has 0 unspecified atom stereocenters. The van der Waals surface area contributed by atoms with Crippen molar-refractivity contribution in [2.75, 3.05) is 11.9 Å². The van der Waals surface area contributed by atoms with Crippen LogP contribution in [0, 0.1) is 5.82 Å². The maximum absolute atomic E-state index is 13.8. The number of hydrogen-bond acceptors (Lipinski definition) is 2. The average molecular weight is 310 g/mol. The maximum atomic E-state index is 13.8. The lowest BCUT2D eigenvalue weighted by Crippen LogP contribution is -2.10. The van der Waals surface area contributed by atoms with Crippen molar-refractivity contribution in [2.45, 2.75) is 58.3 Å². The van der Waals surface area contributed by atoms with Crippen molar-refractivity contribution in [3.8, 4) is 0 Å². The van der Waals surface area contributed by atoms with Crippen LogP contribution in [0.1, 0.15) is 63.9 Å². The van der Waals surface area contributed by atoms with Gasteiger partial charge in [-0.25, -0.2) is 4.39 Å². The number of nitrogens with one attached hydrogen (secondary N) is 1. The number of rotatable bonds is 11. The Labute approximate surface area is 133 Å². The summed E-state index contributed by atoms with van der Waals surface area (Å²) in [6, 6.07) is 4.84. The Balaban J connectivity index is 2.14. The van der Waals surface area contributed by atoms with Crippen molar-refractivity contribution in [1.29, 1.82) is 0 Å². The molecule has 0 aliphatic carbocycles. The summed E-state index contributed by atoms with van der Waals surface area (Å²) in [4.78, 5) is 0.225. The fourth-order valence-corrected chi connectivity index (χ4v) is 2.42. The predicted molar refractivity (Wildman–Crippen MR) is 93.4 cm³/mol. The maximum Gasteiger partial charge on any atom is 0.146 e. The molecule has 0 aliphatic rings. The average Bonchev–Trinajstić information content (AvgIpc) is 2.46. The minimum atomic E-state index is -0.292. The highest BCUT2D eigenvalue weighted by Gasteiger charge is 2.04. The molecule has 0 amide bonds. The molecule has 1 aromatic carbocycles. The molecule has 0 radical (unpaired) electrons. The van der Waals surface area contributed by atoms with Gasteiger partial charge in [0.05, 0.1) is 5.69 Å². The van der Waals surface area contributed by atoms with Gasteiger partial charge in [-0.2, -0.15) is 0 Å². The summed E-state index contributed by atoms with van der Waals surface area (Å²) in [5.74, 6) is -0.292. The number of benzene rings is 1. The molecule has 0 saturated heterocycles. The fraction of sp³-hybridized carbons (Fsp3) is 0.588. The van der Waals surface area contributed by atoms with Crippen LogP contribution in [0.4, 0.5) is 10.1 Å². The Bertz CT molecular complexity index is 435. The van der Waals surface area contributed by atoms with E-state index in [1.165, 1.54) is 51.0 Å². The lowest BCUT2D eigenvalue weighted by Gasteiger charge is -2.08. The van der Waals surface area contributed by atoms with Gasteiger partial charge in [-0.05, 0) is 24.6 Å². The second-order valence-electron chi connectivity index (χ2n) is 5.46. The first kappa shape index (κ1) is 17.9. The largest absolute Gasteiger partial charge is 0.389 e. The molecule has 1 rings (SSSR count). The number of anilines is 1. The quantitative estimate of drug-likeness (QED) is 0.445. The van der Waals surface area contributed by atoms with E-state index in [1.54, 1.807) is 12.1 Å². The molecule has 0 bridgehead atoms. The zero-order valence-corrected chi connectivity index (χ0v) is 13.8. The Morgan fingerprint density at radius 2 is 1.71 bits per heavy atom. The molecule has 2 nitrogen and oxygen atoms in total. The van der Waals surface area contributed by atoms with Crippen molar-refractivity contribution < 1.29 is 4.39 Å². The van der Waals surface area contributed by atoms with E-state index in [0.717, 1.165) is 13.0 Å². The summed E-state index contributed by atoms with van der Waals surface area (Å²) >= 11 is 4.83. The van der Waals surface area contributed by atoms with Gasteiger partial charge in [-0.15, -0.1) is 0 Å². The molecular formula is C17H27FN2S. The highest BCUT2D eigenvalue weighted by atomic mass is 32.1. The molecule has 0 saturated carbocycles. The highest BCUT2D eigenvalue weighted by molar-refractivity contribution is 7.80. The van der Waals surface area contributed by atoms with E-state index in [0.29, 0.717) is 11.3 Å². The summed E-state index contributed by atoms with van der Waals surface area (Å²) < 4.78 is 13.8. The van der Waals surface area contributed by atoms with E-state index in [2.05, 4.69) is 12.2 Å². The van der Waals surface area contributed by atoms with Crippen LogP contribution >= 0.6 is 12.2 Å². The molecular weight excluding hydrogens is 283 g/mol. The standard InChI is InChI=1S/C17H27FN2S/c1-2-3-4-5-6-7-8-9-12-20-16-11-10-14(17(19)21)13-15(16)18/h10-11,13,20H,2-9,12H2,1H3,(H2,19,21). The van der Waals surface area contributed by atoms with Crippen molar-refractivity contribution in [3.05, 3.63) is 29.6 Å². The SMILES string of the molecule is CCCCCCCCCCNc1ccc(C(N)=S)cc1F. The number of thiocarbonyl (C=S) groups is 1. The van der Waals surface area contributed by atoms with E-state index >= 15 is 0 Å². The minimum absolute atomic E-state index is 0.225. The van der Waals surface area contributed by atoms with Gasteiger partial charge in [0.15, 0.2) is 0 Å². The van der Waals surface area contributed by atoms with Crippen LogP contribution in [-0.4, -0.2) is 11.5 Å². The molecule has 0 fully saturated rings. The lowest BCUT2D eigenvalue weighted by atomic mass is 10.1. The van der Waals surface area contributed by atoms with Gasteiger partial charge >= 0.3 is 0 Å². The van der Waals surface area contributed by atoms with Gasteiger partial charge in [0.1, 0.15) is 10.8 Å². The van der Waals surface area contributed by atoms with Crippen LogP contribution in [0.15, 0.2) is 18.2 Å². The molecule has 0 heterocycles. The third kappa shape index (κ3) is 7.42. The van der Waals surface area contributed by atoms with E-state index < -0.39 is 0 Å². The molecule has 21 heavy (non-hydrogen) atoms. The molecule has 4 heteroatoms. The van der Waals surface area contributed by atoms with Gasteiger partial charge in [-0.1, -0.05) is 64.1 Å². The third-order valence-corrected chi connectivity index (χ3v) is 3.84. The Morgan fingerprint density at radius 1 is 1.10 bits per heavy atom. The van der Waals surface area contributed by atoms with E-state index in [-0.39, 0.29) is 10.8 Å². The van der Waals surface area contributed by atoms with Gasteiger partial charge in [-0.3, -0.25) is 0 Å². The zero-order chi connectivity index (χ0) is 15.5. The summed E-state index contributed by atoms with van der Waals surface area (Å²) in [6.07, 6.45) is 10.2. The summed E-state index contributed by atoms with van der Waals surface area (Å²) in [5, 5.41) is 3.13. The molecule has 1 aromatic rings. The van der Waals surface area contributed by atoms with Gasteiger partial charge < -0.3 is 11.1 Å². The topological polar surface area (TPSA) is 38.0 Å². The molecule has 0 aliphatic heterocycles. The third-order valence-electron chi connectivity index (χ3n) is 3.60. The predicted octanol–water partition coefficient (Wildman–Crippen LogP) is 5.01. The smallest absolute Gasteiger partial charge is 0.146 e. The van der Waals surface area contributed by atoms with Crippen LogP contribution in [0.3, 0.4) is 0 Å². The van der Waals surface area contributed by atoms with Crippen LogP contribution in [-0.2, 0) is 0 Å². The first-order valence-electron chi connectivity index (χ1n) is 7.98. The summed E-state index contributed by atoms with van der Waals surface area (Å²) in [5.41, 5.74) is 6.57. The number of unbranched alkanes of at least 4 members (excludes halogenated alkanes) is 7. The Morgan fingerprint density at radius 3 is 2.29 bits per heavy atom. The van der Waals surface area contributed by atoms with E-state index in [9.17, 15) is 4.39 Å². The van der Waals surface area contributed by atoms with Gasteiger partial charge in [0.25, 0.3) is 0 Å². The van der Waals surface area contributed by atoms with Gasteiger partial charge in [0.2, 0.25) is 0 Å². The Hall–Kier alpha value is -1.16.